The second-order valence-corrected chi connectivity index (χ2v) is 8.69. The second kappa shape index (κ2) is 8.52. The summed E-state index contributed by atoms with van der Waals surface area (Å²) in [6.07, 6.45) is 0.462. The van der Waals surface area contributed by atoms with Crippen LogP contribution in [0.25, 0.3) is 0 Å². The lowest BCUT2D eigenvalue weighted by molar-refractivity contribution is -0.131. The van der Waals surface area contributed by atoms with Gasteiger partial charge < -0.3 is 9.80 Å². The maximum Gasteiger partial charge on any atom is 0.222 e. The van der Waals surface area contributed by atoms with Gasteiger partial charge in [-0.25, -0.2) is 12.8 Å². The molecular formula is C20H23FN2O3S. The first kappa shape index (κ1) is 19.4. The molecule has 0 radical (unpaired) electrons. The van der Waals surface area contributed by atoms with Crippen LogP contribution in [-0.2, 0) is 14.6 Å². The maximum absolute atomic E-state index is 12.9. The molecule has 0 N–H and O–H groups in total. The standard InChI is InChI=1S/C20H23FN2O3S/c21-17-8-10-19(11-9-17)27(25,26)16-4-7-20(24)23-14-12-22(13-15-23)18-5-2-1-3-6-18/h1-3,5-6,8-11H,4,7,12-16H2. The molecule has 0 aromatic heterocycles. The second-order valence-electron chi connectivity index (χ2n) is 6.58. The number of sulfone groups is 1. The van der Waals surface area contributed by atoms with Crippen molar-refractivity contribution in [3.63, 3.8) is 0 Å². The predicted molar refractivity (Wildman–Crippen MR) is 103 cm³/mol. The summed E-state index contributed by atoms with van der Waals surface area (Å²) in [5.41, 5.74) is 1.15. The molecule has 27 heavy (non-hydrogen) atoms. The van der Waals surface area contributed by atoms with Crippen molar-refractivity contribution in [3.05, 3.63) is 60.4 Å². The molecule has 0 bridgehead atoms. The smallest absolute Gasteiger partial charge is 0.222 e. The van der Waals surface area contributed by atoms with E-state index in [0.717, 1.165) is 30.9 Å². The zero-order valence-electron chi connectivity index (χ0n) is 15.1. The SMILES string of the molecule is O=C(CCCS(=O)(=O)c1ccc(F)cc1)N1CCN(c2ccccc2)CC1. The Morgan fingerprint density at radius 3 is 2.19 bits per heavy atom. The van der Waals surface area contributed by atoms with Crippen LogP contribution in [0.4, 0.5) is 10.1 Å². The number of nitrogens with zero attached hydrogens (tertiary/aromatic N) is 2. The molecule has 1 amide bonds. The van der Waals surface area contributed by atoms with E-state index in [1.165, 1.54) is 12.1 Å². The molecule has 5 nitrogen and oxygen atoms in total. The zero-order valence-corrected chi connectivity index (χ0v) is 15.9. The Morgan fingerprint density at radius 2 is 1.56 bits per heavy atom. The van der Waals surface area contributed by atoms with Crippen LogP contribution in [0, 0.1) is 5.82 Å². The van der Waals surface area contributed by atoms with Gasteiger partial charge in [-0.1, -0.05) is 18.2 Å². The highest BCUT2D eigenvalue weighted by atomic mass is 32.2. The first-order valence-electron chi connectivity index (χ1n) is 9.02. The number of rotatable bonds is 6. The molecule has 0 aliphatic carbocycles. The Hall–Kier alpha value is -2.41. The fraction of sp³-hybridized carbons (Fsp3) is 0.350. The van der Waals surface area contributed by atoms with E-state index in [-0.39, 0.29) is 29.4 Å². The van der Waals surface area contributed by atoms with Crippen molar-refractivity contribution in [3.8, 4) is 0 Å². The number of amides is 1. The van der Waals surface area contributed by atoms with Crippen molar-refractivity contribution in [1.82, 2.24) is 4.90 Å². The number of hydrogen-bond acceptors (Lipinski definition) is 4. The van der Waals surface area contributed by atoms with Gasteiger partial charge in [0, 0.05) is 38.3 Å². The molecule has 0 spiro atoms. The number of carbonyl (C=O) groups is 1. The molecule has 144 valence electrons. The highest BCUT2D eigenvalue weighted by molar-refractivity contribution is 7.91. The lowest BCUT2D eigenvalue weighted by Gasteiger charge is -2.36. The molecular weight excluding hydrogens is 367 g/mol. The lowest BCUT2D eigenvalue weighted by Crippen LogP contribution is -2.48. The average molecular weight is 390 g/mol. The summed E-state index contributed by atoms with van der Waals surface area (Å²) in [7, 11) is -3.49. The molecule has 1 aliphatic heterocycles. The van der Waals surface area contributed by atoms with Crippen LogP contribution in [0.1, 0.15) is 12.8 Å². The molecule has 0 saturated carbocycles. The Morgan fingerprint density at radius 1 is 0.926 bits per heavy atom. The number of para-hydroxylation sites is 1. The van der Waals surface area contributed by atoms with Gasteiger partial charge in [0.05, 0.1) is 10.6 Å². The number of benzene rings is 2. The highest BCUT2D eigenvalue weighted by Gasteiger charge is 2.22. The van der Waals surface area contributed by atoms with Gasteiger partial charge in [-0.2, -0.15) is 0 Å². The van der Waals surface area contributed by atoms with E-state index in [2.05, 4.69) is 17.0 Å². The Balaban J connectivity index is 1.45. The average Bonchev–Trinajstić information content (AvgIpc) is 2.69. The number of halogens is 1. The molecule has 2 aromatic rings. The molecule has 1 heterocycles. The molecule has 2 aromatic carbocycles. The van der Waals surface area contributed by atoms with Gasteiger partial charge in [0.2, 0.25) is 5.91 Å². The van der Waals surface area contributed by atoms with Crippen molar-refractivity contribution in [2.24, 2.45) is 0 Å². The third-order valence-corrected chi connectivity index (χ3v) is 6.55. The summed E-state index contributed by atoms with van der Waals surface area (Å²) in [6, 6.07) is 14.8. The van der Waals surface area contributed by atoms with Crippen LogP contribution in [0.3, 0.4) is 0 Å². The molecule has 3 rings (SSSR count). The van der Waals surface area contributed by atoms with E-state index in [4.69, 9.17) is 0 Å². The van der Waals surface area contributed by atoms with E-state index in [1.54, 1.807) is 4.90 Å². The van der Waals surface area contributed by atoms with Crippen molar-refractivity contribution >= 4 is 21.4 Å². The van der Waals surface area contributed by atoms with Crippen LogP contribution >= 0.6 is 0 Å². The van der Waals surface area contributed by atoms with Crippen LogP contribution in [0.2, 0.25) is 0 Å². The van der Waals surface area contributed by atoms with Gasteiger partial charge in [0.25, 0.3) is 0 Å². The van der Waals surface area contributed by atoms with E-state index in [9.17, 15) is 17.6 Å². The van der Waals surface area contributed by atoms with Crippen molar-refractivity contribution < 1.29 is 17.6 Å². The van der Waals surface area contributed by atoms with E-state index in [1.807, 2.05) is 18.2 Å². The van der Waals surface area contributed by atoms with Crippen LogP contribution in [0.15, 0.2) is 59.5 Å². The van der Waals surface area contributed by atoms with Gasteiger partial charge in [-0.05, 0) is 42.8 Å². The van der Waals surface area contributed by atoms with E-state index in [0.29, 0.717) is 13.1 Å². The molecule has 0 atom stereocenters. The summed E-state index contributed by atoms with van der Waals surface area (Å²) in [6.45, 7) is 2.81. The number of piperazine rings is 1. The van der Waals surface area contributed by atoms with Gasteiger partial charge in [0.1, 0.15) is 5.82 Å². The van der Waals surface area contributed by atoms with Crippen molar-refractivity contribution in [1.29, 1.82) is 0 Å². The number of hydrogen-bond donors (Lipinski definition) is 0. The summed E-state index contributed by atoms with van der Waals surface area (Å²) in [4.78, 5) is 16.5. The molecule has 1 aliphatic rings. The summed E-state index contributed by atoms with van der Waals surface area (Å²) >= 11 is 0. The lowest BCUT2D eigenvalue weighted by atomic mass is 10.2. The first-order valence-corrected chi connectivity index (χ1v) is 10.7. The summed E-state index contributed by atoms with van der Waals surface area (Å²) < 4.78 is 37.4. The summed E-state index contributed by atoms with van der Waals surface area (Å²) in [5, 5.41) is 0. The van der Waals surface area contributed by atoms with Crippen molar-refractivity contribution in [2.75, 3.05) is 36.8 Å². The normalized spacial score (nSPS) is 15.0. The Labute approximate surface area is 159 Å². The van der Waals surface area contributed by atoms with Crippen LogP contribution < -0.4 is 4.90 Å². The fourth-order valence-electron chi connectivity index (χ4n) is 3.18. The third kappa shape index (κ3) is 5.07. The largest absolute Gasteiger partial charge is 0.368 e. The molecule has 1 fully saturated rings. The van der Waals surface area contributed by atoms with Crippen LogP contribution in [0.5, 0.6) is 0 Å². The first-order chi connectivity index (χ1) is 13.0. The number of anilines is 1. The molecule has 0 unspecified atom stereocenters. The van der Waals surface area contributed by atoms with Gasteiger partial charge in [-0.3, -0.25) is 4.79 Å². The van der Waals surface area contributed by atoms with Crippen molar-refractivity contribution in [2.45, 2.75) is 17.7 Å². The zero-order chi connectivity index (χ0) is 19.3. The monoisotopic (exact) mass is 390 g/mol. The highest BCUT2D eigenvalue weighted by Crippen LogP contribution is 2.17. The number of carbonyl (C=O) groups excluding carboxylic acids is 1. The molecule has 1 saturated heterocycles. The molecule has 7 heteroatoms. The van der Waals surface area contributed by atoms with E-state index >= 15 is 0 Å². The maximum atomic E-state index is 12.9. The quantitative estimate of drug-likeness (QED) is 0.712. The van der Waals surface area contributed by atoms with E-state index < -0.39 is 15.7 Å². The fourth-order valence-corrected chi connectivity index (χ4v) is 4.50. The Kier molecular flexibility index (Phi) is 6.11. The van der Waals surface area contributed by atoms with Gasteiger partial charge in [0.15, 0.2) is 9.84 Å². The van der Waals surface area contributed by atoms with Gasteiger partial charge >= 0.3 is 0 Å². The Bertz CT molecular complexity index is 862. The van der Waals surface area contributed by atoms with Crippen LogP contribution in [-0.4, -0.2) is 51.2 Å². The minimum absolute atomic E-state index is 0.0167. The third-order valence-electron chi connectivity index (χ3n) is 4.73. The predicted octanol–water partition coefficient (Wildman–Crippen LogP) is 2.73. The topological polar surface area (TPSA) is 57.7 Å². The summed E-state index contributed by atoms with van der Waals surface area (Å²) in [5.74, 6) is -0.607. The minimum Gasteiger partial charge on any atom is -0.368 e. The van der Waals surface area contributed by atoms with Gasteiger partial charge in [-0.15, -0.1) is 0 Å². The minimum atomic E-state index is -3.49.